The van der Waals surface area contributed by atoms with E-state index in [1.54, 1.807) is 41.3 Å². The summed E-state index contributed by atoms with van der Waals surface area (Å²) in [5.74, 6) is 0.751. The molecular formula is C25H21Cl2N3O2. The standard InChI is InChI=1S/C25H21Cl2N3O2/c1-17(18-8-3-2-4-9-18)30(25(31)21-12-5-6-13-22(21)27)15-14-23-28-24(29-32-23)19-10-7-11-20(26)16-19/h2-13,16-17H,14-15H2,1H3/t17-/m0/s1. The summed E-state index contributed by atoms with van der Waals surface area (Å²) in [6.07, 6.45) is 0.404. The second-order valence-electron chi connectivity index (χ2n) is 7.34. The molecule has 32 heavy (non-hydrogen) atoms. The lowest BCUT2D eigenvalue weighted by molar-refractivity contribution is 0.0689. The number of carbonyl (C=O) groups is 1. The number of aromatic nitrogens is 2. The highest BCUT2D eigenvalue weighted by Crippen LogP contribution is 2.26. The van der Waals surface area contributed by atoms with Gasteiger partial charge in [-0.2, -0.15) is 4.98 Å². The van der Waals surface area contributed by atoms with E-state index in [0.717, 1.165) is 11.1 Å². The van der Waals surface area contributed by atoms with E-state index in [2.05, 4.69) is 10.1 Å². The zero-order valence-corrected chi connectivity index (χ0v) is 18.9. The van der Waals surface area contributed by atoms with Gasteiger partial charge in [0.05, 0.1) is 16.6 Å². The summed E-state index contributed by atoms with van der Waals surface area (Å²) in [7, 11) is 0. The van der Waals surface area contributed by atoms with Gasteiger partial charge in [0.15, 0.2) is 0 Å². The molecule has 0 aliphatic heterocycles. The van der Waals surface area contributed by atoms with E-state index < -0.39 is 0 Å². The Kier molecular flexibility index (Phi) is 6.88. The van der Waals surface area contributed by atoms with Crippen molar-refractivity contribution in [1.82, 2.24) is 15.0 Å². The summed E-state index contributed by atoms with van der Waals surface area (Å²) >= 11 is 12.4. The third-order valence-corrected chi connectivity index (χ3v) is 5.80. The van der Waals surface area contributed by atoms with Crippen LogP contribution < -0.4 is 0 Å². The van der Waals surface area contributed by atoms with Gasteiger partial charge < -0.3 is 9.42 Å². The Balaban J connectivity index is 1.57. The number of hydrogen-bond acceptors (Lipinski definition) is 4. The fourth-order valence-corrected chi connectivity index (χ4v) is 3.90. The maximum absolute atomic E-state index is 13.4. The van der Waals surface area contributed by atoms with Crippen molar-refractivity contribution in [3.05, 3.63) is 106 Å². The third kappa shape index (κ3) is 5.01. The zero-order chi connectivity index (χ0) is 22.5. The highest BCUT2D eigenvalue weighted by Gasteiger charge is 2.25. The molecule has 0 unspecified atom stereocenters. The van der Waals surface area contributed by atoms with Crippen LogP contribution in [0.2, 0.25) is 10.0 Å². The number of benzene rings is 3. The Labute approximate surface area is 196 Å². The second kappa shape index (κ2) is 9.98. The summed E-state index contributed by atoms with van der Waals surface area (Å²) in [6.45, 7) is 2.38. The van der Waals surface area contributed by atoms with Crippen molar-refractivity contribution in [2.45, 2.75) is 19.4 Å². The minimum Gasteiger partial charge on any atom is -0.339 e. The van der Waals surface area contributed by atoms with E-state index in [0.29, 0.717) is 40.3 Å². The number of rotatable bonds is 7. The van der Waals surface area contributed by atoms with Gasteiger partial charge in [-0.1, -0.05) is 83.0 Å². The fraction of sp³-hybridized carbons (Fsp3) is 0.160. The van der Waals surface area contributed by atoms with E-state index in [4.69, 9.17) is 27.7 Å². The van der Waals surface area contributed by atoms with Crippen molar-refractivity contribution in [1.29, 1.82) is 0 Å². The number of halogens is 2. The van der Waals surface area contributed by atoms with Crippen LogP contribution in [-0.4, -0.2) is 27.5 Å². The van der Waals surface area contributed by atoms with Crippen LogP contribution in [0.5, 0.6) is 0 Å². The first-order valence-corrected chi connectivity index (χ1v) is 11.0. The minimum absolute atomic E-state index is 0.151. The molecule has 0 radical (unpaired) electrons. The van der Waals surface area contributed by atoms with E-state index in [1.165, 1.54) is 0 Å². The largest absolute Gasteiger partial charge is 0.339 e. The lowest BCUT2D eigenvalue weighted by atomic mass is 10.0. The Morgan fingerprint density at radius 2 is 1.75 bits per heavy atom. The van der Waals surface area contributed by atoms with Gasteiger partial charge >= 0.3 is 0 Å². The number of hydrogen-bond donors (Lipinski definition) is 0. The van der Waals surface area contributed by atoms with Gasteiger partial charge in [-0.15, -0.1) is 0 Å². The normalized spacial score (nSPS) is 11.8. The van der Waals surface area contributed by atoms with Crippen molar-refractivity contribution in [3.8, 4) is 11.4 Å². The molecule has 0 saturated heterocycles. The molecule has 0 spiro atoms. The van der Waals surface area contributed by atoms with Crippen molar-refractivity contribution < 1.29 is 9.32 Å². The SMILES string of the molecule is C[C@@H](c1ccccc1)N(CCc1nc(-c2cccc(Cl)c2)no1)C(=O)c1ccccc1Cl. The number of carbonyl (C=O) groups excluding carboxylic acids is 1. The molecule has 1 aromatic heterocycles. The molecule has 1 heterocycles. The van der Waals surface area contributed by atoms with Crippen LogP contribution in [0.1, 0.15) is 34.8 Å². The molecule has 3 aromatic carbocycles. The molecule has 7 heteroatoms. The summed E-state index contributed by atoms with van der Waals surface area (Å²) < 4.78 is 5.44. The molecule has 0 aliphatic carbocycles. The average molecular weight is 466 g/mol. The first-order chi connectivity index (χ1) is 15.5. The summed E-state index contributed by atoms with van der Waals surface area (Å²) in [5.41, 5.74) is 2.26. The molecule has 0 bridgehead atoms. The van der Waals surface area contributed by atoms with Gasteiger partial charge in [0.1, 0.15) is 0 Å². The molecule has 0 saturated carbocycles. The smallest absolute Gasteiger partial charge is 0.255 e. The first kappa shape index (κ1) is 22.1. The molecular weight excluding hydrogens is 445 g/mol. The van der Waals surface area contributed by atoms with Crippen LogP contribution in [0.15, 0.2) is 83.4 Å². The van der Waals surface area contributed by atoms with Crippen LogP contribution >= 0.6 is 23.2 Å². The topological polar surface area (TPSA) is 59.2 Å². The van der Waals surface area contributed by atoms with Gasteiger partial charge in [0, 0.05) is 23.6 Å². The van der Waals surface area contributed by atoms with Crippen LogP contribution in [0.25, 0.3) is 11.4 Å². The lowest BCUT2D eigenvalue weighted by Crippen LogP contribution is -2.35. The van der Waals surface area contributed by atoms with Gasteiger partial charge in [0.2, 0.25) is 11.7 Å². The number of nitrogens with zero attached hydrogens (tertiary/aromatic N) is 3. The van der Waals surface area contributed by atoms with Crippen molar-refractivity contribution in [3.63, 3.8) is 0 Å². The van der Waals surface area contributed by atoms with E-state index in [1.807, 2.05) is 49.4 Å². The molecule has 5 nitrogen and oxygen atoms in total. The van der Waals surface area contributed by atoms with Gasteiger partial charge in [0.25, 0.3) is 5.91 Å². The van der Waals surface area contributed by atoms with Crippen LogP contribution in [-0.2, 0) is 6.42 Å². The maximum Gasteiger partial charge on any atom is 0.255 e. The fourth-order valence-electron chi connectivity index (χ4n) is 3.49. The van der Waals surface area contributed by atoms with E-state index in [-0.39, 0.29) is 11.9 Å². The van der Waals surface area contributed by atoms with Gasteiger partial charge in [-0.3, -0.25) is 4.79 Å². The van der Waals surface area contributed by atoms with Crippen LogP contribution in [0, 0.1) is 0 Å². The number of amides is 1. The average Bonchev–Trinajstić information content (AvgIpc) is 3.29. The summed E-state index contributed by atoms with van der Waals surface area (Å²) in [6, 6.07) is 24.0. The predicted octanol–water partition coefficient (Wildman–Crippen LogP) is 6.49. The Hall–Kier alpha value is -3.15. The molecule has 1 amide bonds. The molecule has 4 rings (SSSR count). The van der Waals surface area contributed by atoms with E-state index >= 15 is 0 Å². The molecule has 0 aliphatic rings. The highest BCUT2D eigenvalue weighted by molar-refractivity contribution is 6.33. The predicted molar refractivity (Wildman–Crippen MR) is 126 cm³/mol. The molecule has 0 fully saturated rings. The monoisotopic (exact) mass is 465 g/mol. The van der Waals surface area contributed by atoms with Crippen LogP contribution in [0.3, 0.4) is 0 Å². The quantitative estimate of drug-likeness (QED) is 0.312. The molecule has 4 aromatic rings. The summed E-state index contributed by atoms with van der Waals surface area (Å²) in [5, 5.41) is 5.08. The maximum atomic E-state index is 13.4. The molecule has 0 N–H and O–H groups in total. The second-order valence-corrected chi connectivity index (χ2v) is 8.18. The van der Waals surface area contributed by atoms with Crippen molar-refractivity contribution in [2.24, 2.45) is 0 Å². The minimum atomic E-state index is -0.171. The lowest BCUT2D eigenvalue weighted by Gasteiger charge is -2.29. The molecule has 162 valence electrons. The van der Waals surface area contributed by atoms with Gasteiger partial charge in [-0.25, -0.2) is 0 Å². The zero-order valence-electron chi connectivity index (χ0n) is 17.4. The van der Waals surface area contributed by atoms with E-state index in [9.17, 15) is 4.79 Å². The Morgan fingerprint density at radius 3 is 2.50 bits per heavy atom. The third-order valence-electron chi connectivity index (χ3n) is 5.23. The van der Waals surface area contributed by atoms with Gasteiger partial charge in [-0.05, 0) is 36.8 Å². The van der Waals surface area contributed by atoms with Crippen LogP contribution in [0.4, 0.5) is 0 Å². The van der Waals surface area contributed by atoms with Crippen molar-refractivity contribution >= 4 is 29.1 Å². The Bertz CT molecular complexity index is 1210. The summed E-state index contributed by atoms with van der Waals surface area (Å²) in [4.78, 5) is 19.7. The van der Waals surface area contributed by atoms with Crippen molar-refractivity contribution in [2.75, 3.05) is 6.54 Å². The Morgan fingerprint density at radius 1 is 1.00 bits per heavy atom. The highest BCUT2D eigenvalue weighted by atomic mass is 35.5. The first-order valence-electron chi connectivity index (χ1n) is 10.2. The molecule has 1 atom stereocenters.